The van der Waals surface area contributed by atoms with E-state index in [-0.39, 0.29) is 30.5 Å². The zero-order chi connectivity index (χ0) is 25.6. The quantitative estimate of drug-likeness (QED) is 0.549. The van der Waals surface area contributed by atoms with Crippen LogP contribution in [0.4, 0.5) is 0 Å². The highest BCUT2D eigenvalue weighted by Crippen LogP contribution is 2.42. The number of hydrogen-bond acceptors (Lipinski definition) is 5. The van der Waals surface area contributed by atoms with Gasteiger partial charge in [0.05, 0.1) is 20.1 Å². The maximum atomic E-state index is 13.2. The summed E-state index contributed by atoms with van der Waals surface area (Å²) in [6.07, 6.45) is 5.87. The van der Waals surface area contributed by atoms with Crippen LogP contribution in [0.25, 0.3) is 0 Å². The summed E-state index contributed by atoms with van der Waals surface area (Å²) < 4.78 is 5.21. The van der Waals surface area contributed by atoms with Crippen LogP contribution in [0.15, 0.2) is 73.1 Å². The lowest BCUT2D eigenvalue weighted by molar-refractivity contribution is -0.135. The second-order valence-electron chi connectivity index (χ2n) is 9.77. The number of ether oxygens (including phenoxy) is 1. The lowest BCUT2D eigenvalue weighted by Gasteiger charge is -2.57. The largest absolute Gasteiger partial charge is 0.497 e. The topological polar surface area (TPSA) is 65.9 Å². The van der Waals surface area contributed by atoms with Crippen LogP contribution in [0.3, 0.4) is 0 Å². The monoisotopic (exact) mass is 495 g/mol. The average molecular weight is 496 g/mol. The number of rotatable bonds is 5. The predicted octanol–water partition coefficient (Wildman–Crippen LogP) is 3.48. The number of aliphatic hydroxyl groups excluding tert-OH is 1. The van der Waals surface area contributed by atoms with Crippen molar-refractivity contribution in [3.63, 3.8) is 0 Å². The Labute approximate surface area is 218 Å². The van der Waals surface area contributed by atoms with E-state index in [0.29, 0.717) is 13.0 Å². The van der Waals surface area contributed by atoms with Crippen LogP contribution in [0.1, 0.15) is 41.0 Å². The first-order valence-electron chi connectivity index (χ1n) is 13.0. The molecule has 190 valence electrons. The Bertz CT molecular complexity index is 1250. The standard InChI is InChI=1S/C31H33N3O3/c1-37-27-14-10-24(11-15-27)7-6-23-8-12-26(13-9-23)31-28-21-33(17-2-3-18-34(28)29(31)22-35)30(36)19-25-5-4-16-32-20-25/h4-5,8-16,20,28-29,31,35H,2-3,17-19,21-22H2,1H3/t28-,29+,31+/m1/s1. The summed E-state index contributed by atoms with van der Waals surface area (Å²) in [5.74, 6) is 7.58. The summed E-state index contributed by atoms with van der Waals surface area (Å²) in [7, 11) is 1.65. The van der Waals surface area contributed by atoms with Crippen molar-refractivity contribution < 1.29 is 14.6 Å². The van der Waals surface area contributed by atoms with E-state index in [1.165, 1.54) is 5.56 Å². The Hall–Kier alpha value is -3.66. The first-order valence-corrected chi connectivity index (χ1v) is 13.0. The molecule has 0 unspecified atom stereocenters. The lowest BCUT2D eigenvalue weighted by Crippen LogP contribution is -2.68. The molecule has 0 radical (unpaired) electrons. The fourth-order valence-electron chi connectivity index (χ4n) is 5.56. The van der Waals surface area contributed by atoms with Crippen molar-refractivity contribution in [3.8, 4) is 17.6 Å². The number of carbonyl (C=O) groups excluding carboxylic acids is 1. The van der Waals surface area contributed by atoms with Crippen LogP contribution in [0, 0.1) is 11.8 Å². The van der Waals surface area contributed by atoms with Gasteiger partial charge in [-0.25, -0.2) is 0 Å². The SMILES string of the molecule is COc1ccc(C#Cc2ccc([C@H]3[C@H]4CN(C(=O)Cc5cccnc5)CCCCN4[C@H]3CO)cc2)cc1. The van der Waals surface area contributed by atoms with Crippen molar-refractivity contribution in [1.29, 1.82) is 0 Å². The summed E-state index contributed by atoms with van der Waals surface area (Å²) >= 11 is 0. The van der Waals surface area contributed by atoms with E-state index >= 15 is 0 Å². The molecule has 2 aliphatic heterocycles. The number of aliphatic hydroxyl groups is 1. The number of amides is 1. The molecule has 2 aromatic carbocycles. The maximum absolute atomic E-state index is 13.2. The highest BCUT2D eigenvalue weighted by atomic mass is 16.5. The number of benzene rings is 2. The van der Waals surface area contributed by atoms with E-state index in [0.717, 1.165) is 48.4 Å². The molecule has 6 nitrogen and oxygen atoms in total. The third-order valence-corrected chi connectivity index (χ3v) is 7.54. The smallest absolute Gasteiger partial charge is 0.227 e. The van der Waals surface area contributed by atoms with Crippen LogP contribution >= 0.6 is 0 Å². The number of carbonyl (C=O) groups is 1. The molecule has 0 bridgehead atoms. The molecule has 2 saturated heterocycles. The average Bonchev–Trinajstić information content (AvgIpc) is 2.92. The number of aromatic nitrogens is 1. The molecule has 1 N–H and O–H groups in total. The van der Waals surface area contributed by atoms with Gasteiger partial charge in [-0.15, -0.1) is 0 Å². The molecule has 1 aromatic heterocycles. The third kappa shape index (κ3) is 5.69. The Morgan fingerprint density at radius 1 is 1.03 bits per heavy atom. The van der Waals surface area contributed by atoms with Gasteiger partial charge in [0.1, 0.15) is 5.75 Å². The van der Waals surface area contributed by atoms with Gasteiger partial charge in [-0.2, -0.15) is 0 Å². The van der Waals surface area contributed by atoms with E-state index in [1.807, 2.05) is 41.3 Å². The third-order valence-electron chi connectivity index (χ3n) is 7.54. The molecule has 3 aromatic rings. The lowest BCUT2D eigenvalue weighted by atomic mass is 9.74. The number of nitrogens with zero attached hydrogens (tertiary/aromatic N) is 3. The van der Waals surface area contributed by atoms with E-state index in [1.54, 1.807) is 19.5 Å². The minimum atomic E-state index is 0.0783. The van der Waals surface area contributed by atoms with E-state index in [4.69, 9.17) is 4.74 Å². The molecule has 37 heavy (non-hydrogen) atoms. The molecular weight excluding hydrogens is 462 g/mol. The van der Waals surface area contributed by atoms with Gasteiger partial charge in [-0.1, -0.05) is 30.0 Å². The van der Waals surface area contributed by atoms with Gasteiger partial charge in [0, 0.05) is 54.6 Å². The maximum Gasteiger partial charge on any atom is 0.227 e. The van der Waals surface area contributed by atoms with E-state index in [2.05, 4.69) is 46.0 Å². The predicted molar refractivity (Wildman–Crippen MR) is 143 cm³/mol. The minimum Gasteiger partial charge on any atom is -0.497 e. The Kier molecular flexibility index (Phi) is 7.84. The Balaban J connectivity index is 1.30. The van der Waals surface area contributed by atoms with Crippen LogP contribution in [0.2, 0.25) is 0 Å². The van der Waals surface area contributed by atoms with Crippen LogP contribution < -0.4 is 4.74 Å². The van der Waals surface area contributed by atoms with E-state index < -0.39 is 0 Å². The highest BCUT2D eigenvalue weighted by Gasteiger charge is 2.49. The molecular formula is C31H33N3O3. The summed E-state index contributed by atoms with van der Waals surface area (Å²) in [6, 6.07) is 20.2. The number of fused-ring (bicyclic) bond motifs is 1. The van der Waals surface area contributed by atoms with Gasteiger partial charge in [0.15, 0.2) is 0 Å². The highest BCUT2D eigenvalue weighted by molar-refractivity contribution is 5.78. The molecule has 0 aliphatic carbocycles. The summed E-state index contributed by atoms with van der Waals surface area (Å²) in [6.45, 7) is 2.53. The number of hydrogen-bond donors (Lipinski definition) is 1. The van der Waals surface area contributed by atoms with E-state index in [9.17, 15) is 9.90 Å². The second kappa shape index (κ2) is 11.6. The van der Waals surface area contributed by atoms with Crippen LogP contribution in [-0.2, 0) is 11.2 Å². The van der Waals surface area contributed by atoms with Crippen molar-refractivity contribution in [2.24, 2.45) is 0 Å². The van der Waals surface area contributed by atoms with Gasteiger partial charge in [0.25, 0.3) is 0 Å². The van der Waals surface area contributed by atoms with Crippen molar-refractivity contribution in [1.82, 2.24) is 14.8 Å². The number of methoxy groups -OCH3 is 1. The Morgan fingerprint density at radius 2 is 1.73 bits per heavy atom. The minimum absolute atomic E-state index is 0.0783. The first kappa shape index (κ1) is 25.0. The molecule has 0 spiro atoms. The van der Waals surface area contributed by atoms with Crippen LogP contribution in [0.5, 0.6) is 5.75 Å². The van der Waals surface area contributed by atoms with Crippen molar-refractivity contribution in [2.45, 2.75) is 37.3 Å². The zero-order valence-electron chi connectivity index (χ0n) is 21.2. The van der Waals surface area contributed by atoms with Gasteiger partial charge >= 0.3 is 0 Å². The van der Waals surface area contributed by atoms with Gasteiger partial charge < -0.3 is 14.7 Å². The normalized spacial score (nSPS) is 21.5. The van der Waals surface area contributed by atoms with Crippen molar-refractivity contribution in [3.05, 3.63) is 95.3 Å². The van der Waals surface area contributed by atoms with Crippen molar-refractivity contribution >= 4 is 5.91 Å². The molecule has 3 heterocycles. The molecule has 6 heteroatoms. The fraction of sp³-hybridized carbons (Fsp3) is 0.355. The van der Waals surface area contributed by atoms with Crippen molar-refractivity contribution in [2.75, 3.05) is 33.4 Å². The fourth-order valence-corrected chi connectivity index (χ4v) is 5.56. The van der Waals surface area contributed by atoms with Crippen LogP contribution in [-0.4, -0.2) is 71.2 Å². The molecule has 1 amide bonds. The zero-order valence-corrected chi connectivity index (χ0v) is 21.2. The number of pyridine rings is 1. The first-order chi connectivity index (χ1) is 18.2. The van der Waals surface area contributed by atoms with Gasteiger partial charge in [0.2, 0.25) is 5.91 Å². The Morgan fingerprint density at radius 3 is 2.38 bits per heavy atom. The summed E-state index contributed by atoms with van der Waals surface area (Å²) in [4.78, 5) is 21.7. The molecule has 0 saturated carbocycles. The molecule has 5 rings (SSSR count). The molecule has 2 fully saturated rings. The van der Waals surface area contributed by atoms with Gasteiger partial charge in [-0.05, 0) is 73.0 Å². The summed E-state index contributed by atoms with van der Waals surface area (Å²) in [5, 5.41) is 10.2. The summed E-state index contributed by atoms with van der Waals surface area (Å²) in [5.41, 5.74) is 4.01. The molecule has 2 aliphatic rings. The van der Waals surface area contributed by atoms with Gasteiger partial charge in [-0.3, -0.25) is 14.7 Å². The second-order valence-corrected chi connectivity index (χ2v) is 9.77. The molecule has 3 atom stereocenters.